The highest BCUT2D eigenvalue weighted by atomic mass is 16.2. The van der Waals surface area contributed by atoms with Gasteiger partial charge in [-0.2, -0.15) is 0 Å². The molecular formula is C14H18N2O2. The number of Topliss-reactive ketones (excluding diaryl/α,β-unsaturated/α-hetero) is 1. The number of piperidine rings is 1. The number of amides is 1. The Morgan fingerprint density at radius 3 is 2.89 bits per heavy atom. The highest BCUT2D eigenvalue weighted by Gasteiger charge is 2.36. The van der Waals surface area contributed by atoms with E-state index in [1.807, 2.05) is 30.9 Å². The number of hydrogen-bond donors (Lipinski definition) is 0. The fourth-order valence-electron chi connectivity index (χ4n) is 2.44. The maximum atomic E-state index is 12.3. The molecule has 4 heteroatoms. The Balaban J connectivity index is 2.07. The van der Waals surface area contributed by atoms with E-state index < -0.39 is 0 Å². The zero-order valence-electron chi connectivity index (χ0n) is 10.8. The predicted octanol–water partition coefficient (Wildman–Crippen LogP) is 1.59. The fraction of sp³-hybridized carbons (Fsp3) is 0.500. The largest absolute Gasteiger partial charge is 0.336 e. The van der Waals surface area contributed by atoms with Crippen molar-refractivity contribution >= 4 is 11.7 Å². The molecule has 1 amide bonds. The van der Waals surface area contributed by atoms with Crippen molar-refractivity contribution in [2.24, 2.45) is 0 Å². The van der Waals surface area contributed by atoms with Crippen molar-refractivity contribution in [2.75, 3.05) is 6.54 Å². The molecule has 0 unspecified atom stereocenters. The summed E-state index contributed by atoms with van der Waals surface area (Å²) in [6.45, 7) is 4.43. The maximum Gasteiger partial charge on any atom is 0.227 e. The van der Waals surface area contributed by atoms with Crippen molar-refractivity contribution in [2.45, 2.75) is 38.6 Å². The number of carbonyl (C=O) groups is 2. The molecule has 1 aromatic rings. The van der Waals surface area contributed by atoms with Crippen molar-refractivity contribution < 1.29 is 9.59 Å². The van der Waals surface area contributed by atoms with Crippen LogP contribution in [0.2, 0.25) is 0 Å². The summed E-state index contributed by atoms with van der Waals surface area (Å²) in [5.41, 5.74) is 0.546. The van der Waals surface area contributed by atoms with Crippen molar-refractivity contribution in [3.05, 3.63) is 30.1 Å². The second-order valence-electron chi connectivity index (χ2n) is 5.36. The highest BCUT2D eigenvalue weighted by molar-refractivity contribution is 5.85. The van der Waals surface area contributed by atoms with E-state index in [4.69, 9.17) is 0 Å². The minimum Gasteiger partial charge on any atom is -0.336 e. The lowest BCUT2D eigenvalue weighted by molar-refractivity contribution is -0.141. The minimum atomic E-state index is -0.366. The molecule has 18 heavy (non-hydrogen) atoms. The van der Waals surface area contributed by atoms with Gasteiger partial charge in [0.25, 0.3) is 0 Å². The molecule has 0 saturated carbocycles. The van der Waals surface area contributed by atoms with Crippen LogP contribution in [0.25, 0.3) is 0 Å². The molecule has 2 heterocycles. The normalized spacial score (nSPS) is 18.8. The highest BCUT2D eigenvalue weighted by Crippen LogP contribution is 2.25. The number of pyridine rings is 1. The smallest absolute Gasteiger partial charge is 0.227 e. The second-order valence-corrected chi connectivity index (χ2v) is 5.36. The quantitative estimate of drug-likeness (QED) is 0.796. The molecule has 1 fully saturated rings. The number of carbonyl (C=O) groups excluding carboxylic acids is 2. The number of likely N-dealkylation sites (tertiary alicyclic amines) is 1. The molecule has 2 rings (SSSR count). The molecule has 4 nitrogen and oxygen atoms in total. The first kappa shape index (κ1) is 12.7. The summed E-state index contributed by atoms with van der Waals surface area (Å²) >= 11 is 0. The number of rotatable bonds is 2. The van der Waals surface area contributed by atoms with Crippen LogP contribution in [0.3, 0.4) is 0 Å². The Hall–Kier alpha value is -1.71. The third-order valence-electron chi connectivity index (χ3n) is 3.35. The van der Waals surface area contributed by atoms with E-state index in [0.717, 1.165) is 5.56 Å². The zero-order chi connectivity index (χ0) is 13.2. The lowest BCUT2D eigenvalue weighted by Crippen LogP contribution is -2.53. The van der Waals surface area contributed by atoms with E-state index in [0.29, 0.717) is 25.8 Å². The molecule has 0 spiro atoms. The van der Waals surface area contributed by atoms with Crippen LogP contribution in [0.5, 0.6) is 0 Å². The molecule has 1 aliphatic rings. The summed E-state index contributed by atoms with van der Waals surface area (Å²) in [6, 6.07) is 3.72. The number of hydrogen-bond acceptors (Lipinski definition) is 3. The van der Waals surface area contributed by atoms with Crippen molar-refractivity contribution in [3.63, 3.8) is 0 Å². The predicted molar refractivity (Wildman–Crippen MR) is 68.0 cm³/mol. The topological polar surface area (TPSA) is 50.3 Å². The first-order chi connectivity index (χ1) is 8.49. The summed E-state index contributed by atoms with van der Waals surface area (Å²) in [5, 5.41) is 0. The van der Waals surface area contributed by atoms with Gasteiger partial charge in [-0.15, -0.1) is 0 Å². The van der Waals surface area contributed by atoms with E-state index in [2.05, 4.69) is 4.98 Å². The Morgan fingerprint density at radius 2 is 2.28 bits per heavy atom. The minimum absolute atomic E-state index is 0.0699. The van der Waals surface area contributed by atoms with Gasteiger partial charge >= 0.3 is 0 Å². The van der Waals surface area contributed by atoms with Gasteiger partial charge in [-0.1, -0.05) is 6.07 Å². The van der Waals surface area contributed by atoms with Gasteiger partial charge in [0.2, 0.25) is 5.91 Å². The molecular weight excluding hydrogens is 228 g/mol. The van der Waals surface area contributed by atoms with E-state index >= 15 is 0 Å². The fourth-order valence-corrected chi connectivity index (χ4v) is 2.44. The van der Waals surface area contributed by atoms with Gasteiger partial charge in [0.05, 0.1) is 6.42 Å². The van der Waals surface area contributed by atoms with Crippen LogP contribution < -0.4 is 0 Å². The monoisotopic (exact) mass is 246 g/mol. The summed E-state index contributed by atoms with van der Waals surface area (Å²) in [5.74, 6) is 0.311. The van der Waals surface area contributed by atoms with Crippen molar-refractivity contribution in [3.8, 4) is 0 Å². The van der Waals surface area contributed by atoms with Gasteiger partial charge in [0.1, 0.15) is 5.78 Å². The van der Waals surface area contributed by atoms with Crippen molar-refractivity contribution in [1.29, 1.82) is 0 Å². The van der Waals surface area contributed by atoms with Gasteiger partial charge in [-0.3, -0.25) is 14.6 Å². The van der Waals surface area contributed by atoms with Crippen LogP contribution in [0.15, 0.2) is 24.5 Å². The summed E-state index contributed by atoms with van der Waals surface area (Å²) in [7, 11) is 0. The molecule has 0 atom stereocenters. The Bertz CT molecular complexity index is 454. The average Bonchev–Trinajstić information content (AvgIpc) is 2.28. The van der Waals surface area contributed by atoms with Crippen LogP contribution in [0.1, 0.15) is 32.3 Å². The molecule has 0 aliphatic carbocycles. The van der Waals surface area contributed by atoms with Crippen molar-refractivity contribution in [1.82, 2.24) is 9.88 Å². The van der Waals surface area contributed by atoms with E-state index in [9.17, 15) is 9.59 Å². The Kier molecular flexibility index (Phi) is 3.45. The van der Waals surface area contributed by atoms with Gasteiger partial charge in [0.15, 0.2) is 0 Å². The van der Waals surface area contributed by atoms with Crippen LogP contribution in [-0.4, -0.2) is 33.7 Å². The molecule has 1 saturated heterocycles. The van der Waals surface area contributed by atoms with Crippen LogP contribution in [0.4, 0.5) is 0 Å². The molecule has 96 valence electrons. The maximum absolute atomic E-state index is 12.3. The first-order valence-corrected chi connectivity index (χ1v) is 6.20. The molecule has 1 aromatic heterocycles. The van der Waals surface area contributed by atoms with Gasteiger partial charge in [-0.25, -0.2) is 0 Å². The second kappa shape index (κ2) is 4.88. The average molecular weight is 246 g/mol. The number of ketones is 1. The van der Waals surface area contributed by atoms with Gasteiger partial charge in [0, 0.05) is 37.3 Å². The summed E-state index contributed by atoms with van der Waals surface area (Å²) < 4.78 is 0. The number of nitrogens with zero attached hydrogens (tertiary/aromatic N) is 2. The molecule has 0 N–H and O–H groups in total. The van der Waals surface area contributed by atoms with Gasteiger partial charge < -0.3 is 4.90 Å². The standard InChI is InChI=1S/C14H18N2O2/c1-14(2)9-12(17)5-7-16(14)13(18)8-11-4-3-6-15-10-11/h3-4,6,10H,5,7-9H2,1-2H3. The van der Waals surface area contributed by atoms with E-state index in [-0.39, 0.29) is 17.2 Å². The van der Waals surface area contributed by atoms with Crippen LogP contribution in [0, 0.1) is 0 Å². The van der Waals surface area contributed by atoms with Crippen LogP contribution >= 0.6 is 0 Å². The Morgan fingerprint density at radius 1 is 1.50 bits per heavy atom. The Labute approximate surface area is 107 Å². The van der Waals surface area contributed by atoms with E-state index in [1.165, 1.54) is 0 Å². The van der Waals surface area contributed by atoms with Gasteiger partial charge in [-0.05, 0) is 25.5 Å². The molecule has 0 aromatic carbocycles. The lowest BCUT2D eigenvalue weighted by atomic mass is 9.89. The lowest BCUT2D eigenvalue weighted by Gasteiger charge is -2.41. The zero-order valence-corrected chi connectivity index (χ0v) is 10.8. The number of aromatic nitrogens is 1. The molecule has 0 bridgehead atoms. The third-order valence-corrected chi connectivity index (χ3v) is 3.35. The third kappa shape index (κ3) is 2.75. The van der Waals surface area contributed by atoms with Crippen LogP contribution in [-0.2, 0) is 16.0 Å². The summed E-state index contributed by atoms with van der Waals surface area (Å²) in [6.07, 6.45) is 4.68. The molecule has 1 aliphatic heterocycles. The van der Waals surface area contributed by atoms with E-state index in [1.54, 1.807) is 12.4 Å². The first-order valence-electron chi connectivity index (χ1n) is 6.20. The summed E-state index contributed by atoms with van der Waals surface area (Å²) in [4.78, 5) is 29.6. The SMILES string of the molecule is CC1(C)CC(=O)CCN1C(=O)Cc1cccnc1. The molecule has 0 radical (unpaired) electrons.